The van der Waals surface area contributed by atoms with E-state index in [1.54, 1.807) is 36.4 Å². The molecule has 102 valence electrons. The highest BCUT2D eigenvalue weighted by atomic mass is 19.1. The molecule has 0 heterocycles. The van der Waals surface area contributed by atoms with Gasteiger partial charge in [-0.2, -0.15) is 0 Å². The first-order chi connectivity index (χ1) is 9.56. The standard InChI is InChI=1S/C15H12FNO3/c16-13-3-1-2-12(8-13)10-4-6-11(7-5-10)15(20)17-9-14(18)19/h1-8H,9H2,(H,17,20)(H,18,19). The van der Waals surface area contributed by atoms with Crippen molar-refractivity contribution in [1.82, 2.24) is 5.32 Å². The van der Waals surface area contributed by atoms with E-state index in [1.807, 2.05) is 0 Å². The number of carbonyl (C=O) groups excluding carboxylic acids is 1. The summed E-state index contributed by atoms with van der Waals surface area (Å²) in [4.78, 5) is 22.0. The Bertz CT molecular complexity index is 638. The van der Waals surface area contributed by atoms with Gasteiger partial charge in [0.2, 0.25) is 0 Å². The van der Waals surface area contributed by atoms with Crippen molar-refractivity contribution in [2.24, 2.45) is 0 Å². The Kier molecular flexibility index (Phi) is 4.10. The molecule has 0 aliphatic heterocycles. The minimum Gasteiger partial charge on any atom is -0.480 e. The van der Waals surface area contributed by atoms with E-state index in [1.165, 1.54) is 12.1 Å². The Balaban J connectivity index is 2.14. The quantitative estimate of drug-likeness (QED) is 0.898. The van der Waals surface area contributed by atoms with Crippen LogP contribution in [0.1, 0.15) is 10.4 Å². The Hall–Kier alpha value is -2.69. The number of carbonyl (C=O) groups is 2. The molecule has 0 aromatic heterocycles. The van der Waals surface area contributed by atoms with Crippen LogP contribution in [-0.4, -0.2) is 23.5 Å². The smallest absolute Gasteiger partial charge is 0.322 e. The van der Waals surface area contributed by atoms with E-state index in [4.69, 9.17) is 5.11 Å². The molecule has 0 bridgehead atoms. The van der Waals surface area contributed by atoms with Crippen LogP contribution in [-0.2, 0) is 4.79 Å². The third-order valence-electron chi connectivity index (χ3n) is 2.71. The Labute approximate surface area is 114 Å². The highest BCUT2D eigenvalue weighted by Crippen LogP contribution is 2.20. The van der Waals surface area contributed by atoms with Crippen LogP contribution in [0.3, 0.4) is 0 Å². The van der Waals surface area contributed by atoms with Gasteiger partial charge in [-0.1, -0.05) is 24.3 Å². The first-order valence-electron chi connectivity index (χ1n) is 5.92. The van der Waals surface area contributed by atoms with Crippen LogP contribution in [0.15, 0.2) is 48.5 Å². The van der Waals surface area contributed by atoms with E-state index in [-0.39, 0.29) is 5.82 Å². The van der Waals surface area contributed by atoms with E-state index < -0.39 is 18.4 Å². The number of halogens is 1. The van der Waals surface area contributed by atoms with Gasteiger partial charge in [0.1, 0.15) is 12.4 Å². The van der Waals surface area contributed by atoms with Gasteiger partial charge < -0.3 is 10.4 Å². The van der Waals surface area contributed by atoms with Crippen molar-refractivity contribution in [3.63, 3.8) is 0 Å². The maximum absolute atomic E-state index is 13.1. The summed E-state index contributed by atoms with van der Waals surface area (Å²) < 4.78 is 13.1. The third-order valence-corrected chi connectivity index (χ3v) is 2.71. The number of nitrogens with one attached hydrogen (secondary N) is 1. The summed E-state index contributed by atoms with van der Waals surface area (Å²) >= 11 is 0. The molecule has 0 radical (unpaired) electrons. The van der Waals surface area contributed by atoms with Gasteiger partial charge in [-0.05, 0) is 35.4 Å². The molecule has 0 saturated heterocycles. The second-order valence-electron chi connectivity index (χ2n) is 4.16. The fourth-order valence-electron chi connectivity index (χ4n) is 1.74. The molecule has 0 saturated carbocycles. The van der Waals surface area contributed by atoms with Crippen molar-refractivity contribution in [3.05, 3.63) is 59.9 Å². The zero-order valence-electron chi connectivity index (χ0n) is 10.5. The van der Waals surface area contributed by atoms with E-state index >= 15 is 0 Å². The molecule has 2 aromatic carbocycles. The molecular weight excluding hydrogens is 261 g/mol. The molecule has 0 aliphatic carbocycles. The highest BCUT2D eigenvalue weighted by molar-refractivity contribution is 5.96. The van der Waals surface area contributed by atoms with Crippen LogP contribution < -0.4 is 5.32 Å². The average molecular weight is 273 g/mol. The lowest BCUT2D eigenvalue weighted by molar-refractivity contribution is -0.135. The second-order valence-corrected chi connectivity index (χ2v) is 4.16. The molecule has 5 heteroatoms. The zero-order valence-corrected chi connectivity index (χ0v) is 10.5. The first kappa shape index (κ1) is 13.7. The summed E-state index contributed by atoms with van der Waals surface area (Å²) in [5.41, 5.74) is 1.84. The topological polar surface area (TPSA) is 66.4 Å². The minimum absolute atomic E-state index is 0.328. The number of rotatable bonds is 4. The van der Waals surface area contributed by atoms with Gasteiger partial charge in [0.15, 0.2) is 0 Å². The summed E-state index contributed by atoms with van der Waals surface area (Å²) in [5, 5.41) is 10.7. The molecule has 2 aromatic rings. The van der Waals surface area contributed by atoms with E-state index in [0.29, 0.717) is 11.1 Å². The zero-order chi connectivity index (χ0) is 14.5. The molecule has 0 atom stereocenters. The largest absolute Gasteiger partial charge is 0.480 e. The van der Waals surface area contributed by atoms with E-state index in [0.717, 1.165) is 5.56 Å². The summed E-state index contributed by atoms with van der Waals surface area (Å²) in [6, 6.07) is 12.6. The molecule has 0 fully saturated rings. The lowest BCUT2D eigenvalue weighted by atomic mass is 10.0. The van der Waals surface area contributed by atoms with Crippen molar-refractivity contribution < 1.29 is 19.1 Å². The van der Waals surface area contributed by atoms with E-state index in [9.17, 15) is 14.0 Å². The lowest BCUT2D eigenvalue weighted by Gasteiger charge is -2.05. The molecule has 2 rings (SSSR count). The predicted octanol–water partition coefficient (Wildman–Crippen LogP) is 2.31. The normalized spacial score (nSPS) is 10.1. The molecule has 2 N–H and O–H groups in total. The van der Waals surface area contributed by atoms with Crippen molar-refractivity contribution in [2.75, 3.05) is 6.54 Å². The van der Waals surface area contributed by atoms with Gasteiger partial charge in [-0.25, -0.2) is 4.39 Å². The molecule has 0 aliphatic rings. The predicted molar refractivity (Wildman–Crippen MR) is 71.8 cm³/mol. The summed E-state index contributed by atoms with van der Waals surface area (Å²) in [6.07, 6.45) is 0. The minimum atomic E-state index is -1.10. The number of hydrogen-bond acceptors (Lipinski definition) is 2. The fraction of sp³-hybridized carbons (Fsp3) is 0.0667. The van der Waals surface area contributed by atoms with Gasteiger partial charge in [0.05, 0.1) is 0 Å². The first-order valence-corrected chi connectivity index (χ1v) is 5.92. The van der Waals surface area contributed by atoms with E-state index in [2.05, 4.69) is 5.32 Å². The third kappa shape index (κ3) is 3.41. The van der Waals surface area contributed by atoms with Gasteiger partial charge in [-0.15, -0.1) is 0 Å². The monoisotopic (exact) mass is 273 g/mol. The van der Waals surface area contributed by atoms with Gasteiger partial charge in [0, 0.05) is 5.56 Å². The Morgan fingerprint density at radius 3 is 2.35 bits per heavy atom. The summed E-state index contributed by atoms with van der Waals surface area (Å²) in [7, 11) is 0. The summed E-state index contributed by atoms with van der Waals surface area (Å²) in [5.74, 6) is -1.89. The van der Waals surface area contributed by atoms with Gasteiger partial charge in [0.25, 0.3) is 5.91 Å². The number of hydrogen-bond donors (Lipinski definition) is 2. The van der Waals surface area contributed by atoms with Crippen LogP contribution in [0.5, 0.6) is 0 Å². The SMILES string of the molecule is O=C(O)CNC(=O)c1ccc(-c2cccc(F)c2)cc1. The maximum Gasteiger partial charge on any atom is 0.322 e. The Morgan fingerprint density at radius 1 is 1.05 bits per heavy atom. The number of carboxylic acid groups (broad SMARTS) is 1. The molecule has 0 unspecified atom stereocenters. The van der Waals surface area contributed by atoms with Crippen LogP contribution in [0, 0.1) is 5.82 Å². The molecule has 0 spiro atoms. The highest BCUT2D eigenvalue weighted by Gasteiger charge is 2.07. The lowest BCUT2D eigenvalue weighted by Crippen LogP contribution is -2.29. The number of benzene rings is 2. The van der Waals surface area contributed by atoms with Crippen LogP contribution in [0.2, 0.25) is 0 Å². The second kappa shape index (κ2) is 5.97. The number of aliphatic carboxylic acids is 1. The van der Waals surface area contributed by atoms with Gasteiger partial charge >= 0.3 is 5.97 Å². The number of amides is 1. The molecule has 20 heavy (non-hydrogen) atoms. The maximum atomic E-state index is 13.1. The van der Waals surface area contributed by atoms with Crippen LogP contribution >= 0.6 is 0 Å². The summed E-state index contributed by atoms with van der Waals surface area (Å²) in [6.45, 7) is -0.426. The molecular formula is C15H12FNO3. The van der Waals surface area contributed by atoms with Crippen LogP contribution in [0.25, 0.3) is 11.1 Å². The van der Waals surface area contributed by atoms with Crippen molar-refractivity contribution >= 4 is 11.9 Å². The molecule has 4 nitrogen and oxygen atoms in total. The van der Waals surface area contributed by atoms with Crippen molar-refractivity contribution in [1.29, 1.82) is 0 Å². The van der Waals surface area contributed by atoms with Crippen molar-refractivity contribution in [3.8, 4) is 11.1 Å². The van der Waals surface area contributed by atoms with Gasteiger partial charge in [-0.3, -0.25) is 9.59 Å². The average Bonchev–Trinajstić information content (AvgIpc) is 2.45. The van der Waals surface area contributed by atoms with Crippen LogP contribution in [0.4, 0.5) is 4.39 Å². The Morgan fingerprint density at radius 2 is 1.75 bits per heavy atom. The van der Waals surface area contributed by atoms with Crippen molar-refractivity contribution in [2.45, 2.75) is 0 Å². The fourth-order valence-corrected chi connectivity index (χ4v) is 1.74. The number of carboxylic acids is 1. The molecule has 1 amide bonds.